The van der Waals surface area contributed by atoms with Gasteiger partial charge in [-0.2, -0.15) is 5.10 Å². The molecule has 0 aliphatic heterocycles. The number of anilines is 1. The molecule has 3 rings (SSSR count). The van der Waals surface area contributed by atoms with Gasteiger partial charge in [-0.25, -0.2) is 4.98 Å². The average Bonchev–Trinajstić information content (AvgIpc) is 3.17. The van der Waals surface area contributed by atoms with Crippen molar-refractivity contribution in [3.63, 3.8) is 0 Å². The zero-order chi connectivity index (χ0) is 19.9. The van der Waals surface area contributed by atoms with Gasteiger partial charge in [0.25, 0.3) is 5.91 Å². The van der Waals surface area contributed by atoms with Crippen LogP contribution in [0.1, 0.15) is 35.1 Å². The summed E-state index contributed by atoms with van der Waals surface area (Å²) >= 11 is 0. The van der Waals surface area contributed by atoms with Gasteiger partial charge in [-0.15, -0.1) is 0 Å². The number of aryl methyl sites for hydroxylation is 1. The number of aromatic amines is 1. The molecule has 0 saturated heterocycles. The third kappa shape index (κ3) is 4.97. The maximum Gasteiger partial charge on any atom is 0.251 e. The Hall–Kier alpha value is -3.15. The van der Waals surface area contributed by atoms with Crippen molar-refractivity contribution in [2.75, 3.05) is 25.5 Å². The Kier molecular flexibility index (Phi) is 6.42. The van der Waals surface area contributed by atoms with Crippen LogP contribution >= 0.6 is 0 Å². The lowest BCUT2D eigenvalue weighted by Crippen LogP contribution is -2.25. The van der Waals surface area contributed by atoms with Gasteiger partial charge in [0, 0.05) is 43.9 Å². The van der Waals surface area contributed by atoms with Gasteiger partial charge in [0.1, 0.15) is 5.82 Å². The van der Waals surface area contributed by atoms with Crippen molar-refractivity contribution in [3.05, 3.63) is 65.5 Å². The van der Waals surface area contributed by atoms with Gasteiger partial charge in [-0.3, -0.25) is 9.89 Å². The first kappa shape index (κ1) is 19.6. The largest absolute Gasteiger partial charge is 0.378 e. The van der Waals surface area contributed by atoms with Crippen LogP contribution in [-0.2, 0) is 12.8 Å². The molecule has 6 heteroatoms. The van der Waals surface area contributed by atoms with E-state index in [1.807, 2.05) is 38.4 Å². The first-order valence-corrected chi connectivity index (χ1v) is 9.63. The molecule has 0 radical (unpaired) electrons. The fourth-order valence-electron chi connectivity index (χ4n) is 2.96. The normalized spacial score (nSPS) is 10.7. The molecule has 1 amide bonds. The number of amides is 1. The first-order chi connectivity index (χ1) is 13.6. The lowest BCUT2D eigenvalue weighted by atomic mass is 10.1. The van der Waals surface area contributed by atoms with E-state index >= 15 is 0 Å². The van der Waals surface area contributed by atoms with Gasteiger partial charge in [-0.1, -0.05) is 31.2 Å². The first-order valence-electron chi connectivity index (χ1n) is 9.63. The van der Waals surface area contributed by atoms with Crippen molar-refractivity contribution in [2.24, 2.45) is 0 Å². The highest BCUT2D eigenvalue weighted by Gasteiger charge is 2.10. The fraction of sp³-hybridized carbons (Fsp3) is 0.318. The standard InChI is InChI=1S/C22H27N5O/c1-4-6-20-24-21(26-25-20)17-7-5-8-18(15-17)22(28)23-14-13-16-9-11-19(12-10-16)27(2)3/h5,7-12,15H,4,6,13-14H2,1-3H3,(H,23,28)(H,24,25,26). The predicted molar refractivity (Wildman–Crippen MR) is 113 cm³/mol. The van der Waals surface area contributed by atoms with Crippen molar-refractivity contribution in [3.8, 4) is 11.4 Å². The molecule has 0 atom stereocenters. The molecule has 0 unspecified atom stereocenters. The maximum absolute atomic E-state index is 12.5. The molecule has 146 valence electrons. The summed E-state index contributed by atoms with van der Waals surface area (Å²) in [7, 11) is 4.04. The smallest absolute Gasteiger partial charge is 0.251 e. The second kappa shape index (κ2) is 9.17. The van der Waals surface area contributed by atoms with E-state index in [0.717, 1.165) is 30.7 Å². The number of nitrogens with zero attached hydrogens (tertiary/aromatic N) is 3. The van der Waals surface area contributed by atoms with Crippen LogP contribution in [-0.4, -0.2) is 41.7 Å². The Morgan fingerprint density at radius 1 is 1.11 bits per heavy atom. The van der Waals surface area contributed by atoms with Crippen LogP contribution in [0.5, 0.6) is 0 Å². The number of carbonyl (C=O) groups excluding carboxylic acids is 1. The van der Waals surface area contributed by atoms with Gasteiger partial charge in [0.2, 0.25) is 0 Å². The van der Waals surface area contributed by atoms with E-state index in [4.69, 9.17) is 0 Å². The second-order valence-electron chi connectivity index (χ2n) is 7.00. The van der Waals surface area contributed by atoms with Gasteiger partial charge < -0.3 is 10.2 Å². The topological polar surface area (TPSA) is 73.9 Å². The second-order valence-corrected chi connectivity index (χ2v) is 7.00. The summed E-state index contributed by atoms with van der Waals surface area (Å²) in [5, 5.41) is 10.2. The number of hydrogen-bond donors (Lipinski definition) is 2. The number of aromatic nitrogens is 3. The quantitative estimate of drug-likeness (QED) is 0.630. The molecular weight excluding hydrogens is 350 g/mol. The maximum atomic E-state index is 12.5. The summed E-state index contributed by atoms with van der Waals surface area (Å²) in [5.41, 5.74) is 3.82. The molecule has 1 aromatic heterocycles. The number of H-pyrrole nitrogens is 1. The van der Waals surface area contributed by atoms with Gasteiger partial charge >= 0.3 is 0 Å². The molecular formula is C22H27N5O. The Bertz CT molecular complexity index is 915. The fourth-order valence-corrected chi connectivity index (χ4v) is 2.96. The zero-order valence-corrected chi connectivity index (χ0v) is 16.7. The minimum atomic E-state index is -0.0870. The third-order valence-corrected chi connectivity index (χ3v) is 4.55. The van der Waals surface area contributed by atoms with Crippen molar-refractivity contribution in [1.29, 1.82) is 0 Å². The van der Waals surface area contributed by atoms with E-state index in [1.54, 1.807) is 0 Å². The molecule has 0 saturated carbocycles. The van der Waals surface area contributed by atoms with Crippen LogP contribution in [0.25, 0.3) is 11.4 Å². The molecule has 3 aromatic rings. The molecule has 0 bridgehead atoms. The predicted octanol–water partition coefficient (Wildman–Crippen LogP) is 3.46. The summed E-state index contributed by atoms with van der Waals surface area (Å²) in [4.78, 5) is 19.1. The number of nitrogens with one attached hydrogen (secondary N) is 2. The third-order valence-electron chi connectivity index (χ3n) is 4.55. The summed E-state index contributed by atoms with van der Waals surface area (Å²) in [5.74, 6) is 1.41. The molecule has 0 aliphatic rings. The molecule has 2 N–H and O–H groups in total. The van der Waals surface area contributed by atoms with E-state index in [1.165, 1.54) is 11.3 Å². The molecule has 0 spiro atoms. The van der Waals surface area contributed by atoms with Crippen molar-refractivity contribution in [2.45, 2.75) is 26.2 Å². The average molecular weight is 377 g/mol. The van der Waals surface area contributed by atoms with Crippen molar-refractivity contribution >= 4 is 11.6 Å². The van der Waals surface area contributed by atoms with E-state index in [-0.39, 0.29) is 5.91 Å². The Morgan fingerprint density at radius 2 is 1.89 bits per heavy atom. The van der Waals surface area contributed by atoms with E-state index in [2.05, 4.69) is 56.6 Å². The lowest BCUT2D eigenvalue weighted by Gasteiger charge is -2.12. The molecule has 1 heterocycles. The van der Waals surface area contributed by atoms with E-state index in [0.29, 0.717) is 17.9 Å². The Morgan fingerprint density at radius 3 is 2.61 bits per heavy atom. The summed E-state index contributed by atoms with van der Waals surface area (Å²) in [6, 6.07) is 15.8. The van der Waals surface area contributed by atoms with Crippen LogP contribution in [0, 0.1) is 0 Å². The van der Waals surface area contributed by atoms with Crippen molar-refractivity contribution in [1.82, 2.24) is 20.5 Å². The van der Waals surface area contributed by atoms with Crippen LogP contribution in [0.2, 0.25) is 0 Å². The van der Waals surface area contributed by atoms with Gasteiger partial charge in [0.15, 0.2) is 5.82 Å². The summed E-state index contributed by atoms with van der Waals surface area (Å²) < 4.78 is 0. The number of rotatable bonds is 8. The Balaban J connectivity index is 1.58. The highest BCUT2D eigenvalue weighted by atomic mass is 16.1. The SMILES string of the molecule is CCCc1nc(-c2cccc(C(=O)NCCc3ccc(N(C)C)cc3)c2)n[nH]1. The summed E-state index contributed by atoms with van der Waals surface area (Å²) in [6.45, 7) is 2.69. The van der Waals surface area contributed by atoms with Crippen molar-refractivity contribution < 1.29 is 4.79 Å². The number of benzene rings is 2. The minimum absolute atomic E-state index is 0.0870. The highest BCUT2D eigenvalue weighted by molar-refractivity contribution is 5.95. The highest BCUT2D eigenvalue weighted by Crippen LogP contribution is 2.17. The van der Waals surface area contributed by atoms with E-state index in [9.17, 15) is 4.79 Å². The minimum Gasteiger partial charge on any atom is -0.378 e. The summed E-state index contributed by atoms with van der Waals surface area (Å²) in [6.07, 6.45) is 2.66. The number of carbonyl (C=O) groups is 1. The van der Waals surface area contributed by atoms with Crippen LogP contribution in [0.15, 0.2) is 48.5 Å². The van der Waals surface area contributed by atoms with Crippen LogP contribution < -0.4 is 10.2 Å². The molecule has 0 aliphatic carbocycles. The van der Waals surface area contributed by atoms with Gasteiger partial charge in [-0.05, 0) is 42.7 Å². The molecule has 0 fully saturated rings. The zero-order valence-electron chi connectivity index (χ0n) is 16.7. The monoisotopic (exact) mass is 377 g/mol. The lowest BCUT2D eigenvalue weighted by molar-refractivity contribution is 0.0954. The van der Waals surface area contributed by atoms with Gasteiger partial charge in [0.05, 0.1) is 0 Å². The molecule has 6 nitrogen and oxygen atoms in total. The molecule has 28 heavy (non-hydrogen) atoms. The van der Waals surface area contributed by atoms with Crippen LogP contribution in [0.4, 0.5) is 5.69 Å². The van der Waals surface area contributed by atoms with E-state index < -0.39 is 0 Å². The Labute approximate surface area is 166 Å². The number of hydrogen-bond acceptors (Lipinski definition) is 4. The van der Waals surface area contributed by atoms with Crippen LogP contribution in [0.3, 0.4) is 0 Å². The molecule has 2 aromatic carbocycles.